The summed E-state index contributed by atoms with van der Waals surface area (Å²) in [5.41, 5.74) is -1.86. The van der Waals surface area contributed by atoms with E-state index in [0.29, 0.717) is 4.57 Å². The van der Waals surface area contributed by atoms with Crippen LogP contribution < -0.4 is 0 Å². The van der Waals surface area contributed by atoms with Crippen molar-refractivity contribution in [3.63, 3.8) is 0 Å². The van der Waals surface area contributed by atoms with Crippen LogP contribution in [0, 0.1) is 12.7 Å². The Morgan fingerprint density at radius 1 is 1.59 bits per heavy atom. The molecule has 3 aromatic rings. The zero-order chi connectivity index (χ0) is 28.3. The molecule has 1 aromatic carbocycles. The van der Waals surface area contributed by atoms with Crippen LogP contribution in [0.15, 0.2) is 36.6 Å². The summed E-state index contributed by atoms with van der Waals surface area (Å²) >= 11 is 0. The van der Waals surface area contributed by atoms with E-state index in [1.165, 1.54) is 24.3 Å². The van der Waals surface area contributed by atoms with Gasteiger partial charge in [-0.2, -0.15) is 0 Å². The number of rotatable bonds is 2. The third kappa shape index (κ3) is 1.83. The highest BCUT2D eigenvalue weighted by molar-refractivity contribution is 6.11. The van der Waals surface area contributed by atoms with Crippen molar-refractivity contribution in [3.8, 4) is 0 Å². The molecule has 0 spiro atoms. The maximum Gasteiger partial charge on any atom is 0.170 e. The molecular formula is C18H19N3O. The second-order valence-corrected chi connectivity index (χ2v) is 4.64. The molecular weight excluding hydrogens is 274 g/mol. The minimum absolute atomic E-state index is 0.0604. The zero-order valence-corrected chi connectivity index (χ0v) is 11.1. The zero-order valence-electron chi connectivity index (χ0n) is 26.1. The summed E-state index contributed by atoms with van der Waals surface area (Å²) in [4.78, 5) is 17.3. The van der Waals surface area contributed by atoms with Gasteiger partial charge in [0.05, 0.1) is 5.48 Å². The molecule has 4 nitrogen and oxygen atoms in total. The molecule has 112 valence electrons. The molecule has 1 aliphatic rings. The van der Waals surface area contributed by atoms with Crippen LogP contribution in [-0.4, -0.2) is 19.9 Å². The van der Waals surface area contributed by atoms with Crippen LogP contribution in [0.25, 0.3) is 10.9 Å². The number of nitrogens with zero attached hydrogens (tertiary/aromatic N) is 3. The first-order valence-electron chi connectivity index (χ1n) is 13.8. The average Bonchev–Trinajstić information content (AvgIpc) is 3.27. The number of carbonyl (C=O) groups excluding carboxylic acids is 1. The van der Waals surface area contributed by atoms with Crippen molar-refractivity contribution in [1.82, 2.24) is 14.1 Å². The smallest absolute Gasteiger partial charge is 0.170 e. The molecule has 0 saturated carbocycles. The molecule has 0 bridgehead atoms. The summed E-state index contributed by atoms with van der Waals surface area (Å²) in [6.45, 7) is -10.2. The molecule has 22 heavy (non-hydrogen) atoms. The van der Waals surface area contributed by atoms with Gasteiger partial charge in [-0.1, -0.05) is 18.2 Å². The van der Waals surface area contributed by atoms with Crippen molar-refractivity contribution in [3.05, 3.63) is 53.7 Å². The number of hydrogen-bond donors (Lipinski definition) is 0. The van der Waals surface area contributed by atoms with Gasteiger partial charge in [-0.3, -0.25) is 4.79 Å². The Kier molecular flexibility index (Phi) is 1.06. The van der Waals surface area contributed by atoms with Gasteiger partial charge in [-0.05, 0) is 25.7 Å². The number of para-hydroxylation sites is 1. The predicted octanol–water partition coefficient (Wildman–Crippen LogP) is 3.13. The summed E-state index contributed by atoms with van der Waals surface area (Å²) in [6, 6.07) is 5.27. The van der Waals surface area contributed by atoms with E-state index in [9.17, 15) is 4.79 Å². The van der Waals surface area contributed by atoms with Crippen LogP contribution in [0.5, 0.6) is 0 Å². The van der Waals surface area contributed by atoms with Gasteiger partial charge in [0.2, 0.25) is 0 Å². The third-order valence-electron chi connectivity index (χ3n) is 3.39. The molecule has 2 aromatic heterocycles. The Bertz CT molecular complexity index is 1450. The Labute approximate surface area is 150 Å². The van der Waals surface area contributed by atoms with Crippen molar-refractivity contribution >= 4 is 16.7 Å². The van der Waals surface area contributed by atoms with Crippen LogP contribution in [-0.2, 0) is 19.8 Å². The van der Waals surface area contributed by atoms with Gasteiger partial charge in [-0.15, -0.1) is 0 Å². The van der Waals surface area contributed by atoms with E-state index in [1.807, 2.05) is 0 Å². The van der Waals surface area contributed by atoms with Crippen LogP contribution in [0.3, 0.4) is 0 Å². The SMILES string of the molecule is [2H]c1nc(C([2H])([2H])[2H])n(C([2H])([2H])C2([2H])C(=O)c3c(n(C([2H])([2H])[2H])c4ccccc34)C([2H])([2H])C2([2H])[2H])c1[2H]. The van der Waals surface area contributed by atoms with Gasteiger partial charge in [0.15, 0.2) is 5.78 Å². The van der Waals surface area contributed by atoms with Crippen molar-refractivity contribution in [2.45, 2.75) is 26.1 Å². The van der Waals surface area contributed by atoms with Crippen LogP contribution in [0.2, 0.25) is 0 Å². The number of ketones is 1. The second-order valence-electron chi connectivity index (χ2n) is 4.64. The minimum atomic E-state index is -3.84. The highest BCUT2D eigenvalue weighted by Gasteiger charge is 2.32. The number of Topliss-reactive ketones (excluding diaryl/α,β-unsaturated/α-hetero) is 1. The van der Waals surface area contributed by atoms with Gasteiger partial charge >= 0.3 is 0 Å². The molecule has 0 saturated heterocycles. The van der Waals surface area contributed by atoms with E-state index < -0.39 is 74.2 Å². The fourth-order valence-electron chi connectivity index (χ4n) is 2.39. The van der Waals surface area contributed by atoms with E-state index in [2.05, 4.69) is 4.98 Å². The molecule has 4 rings (SSSR count). The first kappa shape index (κ1) is 4.82. The molecule has 2 heterocycles. The maximum atomic E-state index is 14.0. The molecule has 0 N–H and O–H groups in total. The van der Waals surface area contributed by atoms with Gasteiger partial charge in [-0.25, -0.2) is 4.98 Å². The lowest BCUT2D eigenvalue weighted by atomic mass is 9.85. The number of aryl methyl sites for hydroxylation is 2. The van der Waals surface area contributed by atoms with Gasteiger partial charge in [0, 0.05) is 69.0 Å². The van der Waals surface area contributed by atoms with Crippen LogP contribution >= 0.6 is 0 Å². The highest BCUT2D eigenvalue weighted by Crippen LogP contribution is 2.34. The largest absolute Gasteiger partial charge is 0.347 e. The average molecular weight is 308 g/mol. The molecule has 1 aliphatic carbocycles. The molecule has 1 atom stereocenters. The summed E-state index contributed by atoms with van der Waals surface area (Å²) in [5.74, 6) is -6.69. The normalized spacial score (nSPS) is 37.6. The Morgan fingerprint density at radius 3 is 3.36 bits per heavy atom. The van der Waals surface area contributed by atoms with Gasteiger partial charge in [0.1, 0.15) is 5.82 Å². The Morgan fingerprint density at radius 2 is 2.50 bits per heavy atom. The van der Waals surface area contributed by atoms with E-state index in [4.69, 9.17) is 20.6 Å². The summed E-state index contributed by atoms with van der Waals surface area (Å²) in [6.07, 6.45) is -9.53. The lowest BCUT2D eigenvalue weighted by Crippen LogP contribution is -2.27. The lowest BCUT2D eigenvalue weighted by molar-refractivity contribution is 0.0888. The first-order valence-corrected chi connectivity index (χ1v) is 6.32. The molecule has 4 heteroatoms. The van der Waals surface area contributed by atoms with Gasteiger partial charge in [0.25, 0.3) is 0 Å². The molecule has 0 amide bonds. The quantitative estimate of drug-likeness (QED) is 0.729. The van der Waals surface area contributed by atoms with Gasteiger partial charge < -0.3 is 9.13 Å². The molecule has 1 unspecified atom stereocenters. The lowest BCUT2D eigenvalue weighted by Gasteiger charge is -2.23. The van der Waals surface area contributed by atoms with E-state index in [-0.39, 0.29) is 15.5 Å². The van der Waals surface area contributed by atoms with Crippen molar-refractivity contribution in [1.29, 1.82) is 0 Å². The monoisotopic (exact) mass is 308 g/mol. The summed E-state index contributed by atoms with van der Waals surface area (Å²) in [5, 5.41) is -0.181. The topological polar surface area (TPSA) is 39.8 Å². The van der Waals surface area contributed by atoms with Crippen LogP contribution in [0.4, 0.5) is 0 Å². The number of aromatic nitrogens is 3. The molecule has 0 fully saturated rings. The summed E-state index contributed by atoms with van der Waals surface area (Å²) in [7, 11) is 0. The first-order chi connectivity index (χ1) is 16.6. The summed E-state index contributed by atoms with van der Waals surface area (Å²) < 4.78 is 124. The minimum Gasteiger partial charge on any atom is -0.347 e. The Hall–Kier alpha value is -2.36. The van der Waals surface area contributed by atoms with Crippen molar-refractivity contribution in [2.24, 2.45) is 12.9 Å². The van der Waals surface area contributed by atoms with Crippen LogP contribution in [0.1, 0.15) is 48.8 Å². The number of imidazole rings is 1. The molecule has 0 radical (unpaired) electrons. The maximum absolute atomic E-state index is 14.0. The standard InChI is InChI=1S/C18H19N3O/c1-12-19-9-10-21(12)11-13-7-8-16-17(18(13)22)14-5-3-4-6-15(14)20(16)2/h3-6,9-10,13H,7-8,11H2,1-2H3/i1D3,2D3,7D2,8D2,9D,10D,11D2,13D. The second kappa shape index (κ2) is 4.83. The van der Waals surface area contributed by atoms with Crippen molar-refractivity contribution in [2.75, 3.05) is 0 Å². The number of benzene rings is 1. The fourth-order valence-corrected chi connectivity index (χ4v) is 2.39. The number of hydrogen-bond acceptors (Lipinski definition) is 2. The van der Waals surface area contributed by atoms with E-state index in [1.54, 1.807) is 0 Å². The predicted molar refractivity (Wildman–Crippen MR) is 86.0 cm³/mol. The fraction of sp³-hybridized carbons (Fsp3) is 0.333. The van der Waals surface area contributed by atoms with Crippen molar-refractivity contribution < 1.29 is 25.4 Å². The van der Waals surface area contributed by atoms with E-state index in [0.717, 1.165) is 0 Å². The number of carbonyl (C=O) groups is 1. The molecule has 0 aliphatic heterocycles. The Balaban J connectivity index is 2.18. The number of fused-ring (bicyclic) bond motifs is 3. The third-order valence-corrected chi connectivity index (χ3v) is 3.39. The van der Waals surface area contributed by atoms with E-state index >= 15 is 0 Å². The highest BCUT2D eigenvalue weighted by atomic mass is 16.1.